The molecule has 0 bridgehead atoms. The van der Waals surface area contributed by atoms with Crippen LogP contribution in [0.25, 0.3) is 0 Å². The molecule has 0 fully saturated rings. The van der Waals surface area contributed by atoms with Crippen LogP contribution in [0.2, 0.25) is 0 Å². The number of hydrogen-bond acceptors (Lipinski definition) is 4. The highest BCUT2D eigenvalue weighted by Crippen LogP contribution is 2.19. The van der Waals surface area contributed by atoms with E-state index in [1.165, 1.54) is 16.9 Å². The average molecular weight is 401 g/mol. The van der Waals surface area contributed by atoms with Gasteiger partial charge in [-0.15, -0.1) is 0 Å². The number of rotatable bonds is 6. The van der Waals surface area contributed by atoms with E-state index in [4.69, 9.17) is 4.74 Å². The fraction of sp³-hybridized carbons (Fsp3) is 0.188. The van der Waals surface area contributed by atoms with Crippen molar-refractivity contribution in [2.45, 2.75) is 19.5 Å². The van der Waals surface area contributed by atoms with Crippen LogP contribution in [-0.2, 0) is 13.3 Å². The average Bonchev–Trinajstić information content (AvgIpc) is 3.22. The molecule has 1 amide bonds. The predicted molar refractivity (Wildman–Crippen MR) is 85.4 cm³/mol. The van der Waals surface area contributed by atoms with Crippen molar-refractivity contribution in [2.75, 3.05) is 5.32 Å². The highest BCUT2D eigenvalue weighted by atomic mass is 19.4. The number of aromatic nitrogens is 4. The maximum Gasteiger partial charge on any atom is 0.408 e. The van der Waals surface area contributed by atoms with E-state index >= 15 is 0 Å². The summed E-state index contributed by atoms with van der Waals surface area (Å²) < 4.78 is 70.2. The molecule has 0 aliphatic carbocycles. The number of hydrogen-bond donors (Lipinski definition) is 1. The van der Waals surface area contributed by atoms with Crippen LogP contribution < -0.4 is 10.1 Å². The minimum Gasteiger partial charge on any atom is -0.468 e. The number of amides is 1. The summed E-state index contributed by atoms with van der Waals surface area (Å²) in [5.41, 5.74) is 0.0141. The lowest BCUT2D eigenvalue weighted by atomic mass is 10.3. The summed E-state index contributed by atoms with van der Waals surface area (Å²) in [6.45, 7) is -1.53. The SMILES string of the molecule is O=C(Nc1cnn(CC(F)(F)F)c1)c1ccn(COc2ccc(F)cc2F)n1. The molecule has 1 aromatic carbocycles. The second kappa shape index (κ2) is 7.66. The summed E-state index contributed by atoms with van der Waals surface area (Å²) in [6.07, 6.45) is -0.955. The van der Waals surface area contributed by atoms with Gasteiger partial charge in [0.2, 0.25) is 0 Å². The molecular weight excluding hydrogens is 389 g/mol. The molecule has 0 saturated carbocycles. The van der Waals surface area contributed by atoms with Gasteiger partial charge in [0.15, 0.2) is 24.0 Å². The molecule has 3 rings (SSSR count). The number of halogens is 5. The minimum absolute atomic E-state index is 0.0493. The van der Waals surface area contributed by atoms with Crippen LogP contribution >= 0.6 is 0 Å². The molecule has 0 saturated heterocycles. The second-order valence-corrected chi connectivity index (χ2v) is 5.58. The lowest BCUT2D eigenvalue weighted by Gasteiger charge is -2.07. The van der Waals surface area contributed by atoms with Crippen molar-refractivity contribution in [3.05, 3.63) is 60.2 Å². The molecule has 0 aliphatic rings. The molecular formula is C16H12F5N5O2. The number of ether oxygens (including phenoxy) is 1. The van der Waals surface area contributed by atoms with Gasteiger partial charge in [-0.25, -0.2) is 13.5 Å². The normalized spacial score (nSPS) is 11.5. The van der Waals surface area contributed by atoms with E-state index < -0.39 is 30.3 Å². The first kappa shape index (κ1) is 19.3. The van der Waals surface area contributed by atoms with Crippen molar-refractivity contribution < 1.29 is 31.5 Å². The van der Waals surface area contributed by atoms with Crippen molar-refractivity contribution in [1.29, 1.82) is 0 Å². The van der Waals surface area contributed by atoms with Crippen LogP contribution in [0, 0.1) is 11.6 Å². The van der Waals surface area contributed by atoms with Crippen LogP contribution in [0.4, 0.5) is 27.6 Å². The third kappa shape index (κ3) is 5.05. The van der Waals surface area contributed by atoms with E-state index in [9.17, 15) is 26.7 Å². The van der Waals surface area contributed by atoms with E-state index in [1.807, 2.05) is 0 Å². The summed E-state index contributed by atoms with van der Waals surface area (Å²) >= 11 is 0. The first-order chi connectivity index (χ1) is 13.2. The number of anilines is 1. The first-order valence-electron chi connectivity index (χ1n) is 7.71. The van der Waals surface area contributed by atoms with Crippen molar-refractivity contribution >= 4 is 11.6 Å². The number of carbonyl (C=O) groups excluding carboxylic acids is 1. The van der Waals surface area contributed by atoms with E-state index in [0.717, 1.165) is 24.5 Å². The summed E-state index contributed by atoms with van der Waals surface area (Å²) in [5, 5.41) is 9.77. The molecule has 2 heterocycles. The molecule has 0 unspecified atom stereocenters. The summed E-state index contributed by atoms with van der Waals surface area (Å²) in [7, 11) is 0. The van der Waals surface area contributed by atoms with Gasteiger partial charge in [0, 0.05) is 18.5 Å². The lowest BCUT2D eigenvalue weighted by Crippen LogP contribution is -2.18. The number of benzene rings is 1. The Labute approximate surface area is 154 Å². The standard InChI is InChI=1S/C16H12F5N5O2/c17-10-1-2-14(12(18)5-10)28-9-25-4-3-13(24-25)15(27)23-11-6-22-26(7-11)8-16(19,20)21/h1-7H,8-9H2,(H,23,27). The fourth-order valence-corrected chi connectivity index (χ4v) is 2.18. The Morgan fingerprint density at radius 1 is 1.18 bits per heavy atom. The van der Waals surface area contributed by atoms with Gasteiger partial charge in [-0.05, 0) is 18.2 Å². The zero-order valence-electron chi connectivity index (χ0n) is 14.0. The number of alkyl halides is 3. The van der Waals surface area contributed by atoms with Gasteiger partial charge < -0.3 is 10.1 Å². The van der Waals surface area contributed by atoms with E-state index in [2.05, 4.69) is 15.5 Å². The van der Waals surface area contributed by atoms with Crippen LogP contribution in [0.3, 0.4) is 0 Å². The smallest absolute Gasteiger partial charge is 0.408 e. The van der Waals surface area contributed by atoms with Crippen LogP contribution in [0.1, 0.15) is 10.5 Å². The zero-order chi connectivity index (χ0) is 20.3. The molecule has 7 nitrogen and oxygen atoms in total. The molecule has 0 aliphatic heterocycles. The number of carbonyl (C=O) groups is 1. The van der Waals surface area contributed by atoms with Gasteiger partial charge >= 0.3 is 6.18 Å². The van der Waals surface area contributed by atoms with Crippen molar-refractivity contribution in [2.24, 2.45) is 0 Å². The molecule has 0 radical (unpaired) electrons. The quantitative estimate of drug-likeness (QED) is 0.644. The highest BCUT2D eigenvalue weighted by molar-refractivity contribution is 6.02. The number of nitrogens with one attached hydrogen (secondary N) is 1. The lowest BCUT2D eigenvalue weighted by molar-refractivity contribution is -0.142. The van der Waals surface area contributed by atoms with Gasteiger partial charge in [0.05, 0.1) is 11.9 Å². The van der Waals surface area contributed by atoms with Crippen LogP contribution in [0.5, 0.6) is 5.75 Å². The molecule has 28 heavy (non-hydrogen) atoms. The third-order valence-electron chi connectivity index (χ3n) is 3.35. The maximum atomic E-state index is 13.5. The molecule has 2 aromatic heterocycles. The van der Waals surface area contributed by atoms with Crippen molar-refractivity contribution in [3.8, 4) is 5.75 Å². The fourth-order valence-electron chi connectivity index (χ4n) is 2.18. The number of nitrogens with zero attached hydrogens (tertiary/aromatic N) is 4. The molecule has 3 aromatic rings. The van der Waals surface area contributed by atoms with Crippen LogP contribution in [-0.4, -0.2) is 31.6 Å². The Bertz CT molecular complexity index is 982. The topological polar surface area (TPSA) is 74.0 Å². The van der Waals surface area contributed by atoms with E-state index in [-0.39, 0.29) is 23.9 Å². The molecule has 0 spiro atoms. The highest BCUT2D eigenvalue weighted by Gasteiger charge is 2.28. The van der Waals surface area contributed by atoms with Gasteiger partial charge in [-0.3, -0.25) is 9.48 Å². The van der Waals surface area contributed by atoms with Gasteiger partial charge in [0.25, 0.3) is 5.91 Å². The monoisotopic (exact) mass is 401 g/mol. The summed E-state index contributed by atoms with van der Waals surface area (Å²) in [6, 6.07) is 4.13. The predicted octanol–water partition coefficient (Wildman–Crippen LogP) is 3.21. The molecule has 148 valence electrons. The van der Waals surface area contributed by atoms with Gasteiger partial charge in [-0.1, -0.05) is 0 Å². The second-order valence-electron chi connectivity index (χ2n) is 5.58. The molecule has 1 N–H and O–H groups in total. The third-order valence-corrected chi connectivity index (χ3v) is 3.35. The molecule has 12 heteroatoms. The van der Waals surface area contributed by atoms with Crippen molar-refractivity contribution in [3.63, 3.8) is 0 Å². The molecule has 0 atom stereocenters. The Kier molecular flexibility index (Phi) is 5.29. The Hall–Kier alpha value is -3.44. The summed E-state index contributed by atoms with van der Waals surface area (Å²) in [4.78, 5) is 12.1. The minimum atomic E-state index is -4.43. The van der Waals surface area contributed by atoms with Gasteiger partial charge in [0.1, 0.15) is 12.4 Å². The zero-order valence-corrected chi connectivity index (χ0v) is 14.0. The van der Waals surface area contributed by atoms with E-state index in [1.54, 1.807) is 0 Å². The Balaban J connectivity index is 1.58. The van der Waals surface area contributed by atoms with Gasteiger partial charge in [-0.2, -0.15) is 23.4 Å². The van der Waals surface area contributed by atoms with E-state index in [0.29, 0.717) is 10.7 Å². The Morgan fingerprint density at radius 3 is 2.68 bits per heavy atom. The summed E-state index contributed by atoms with van der Waals surface area (Å²) in [5.74, 6) is -2.51. The largest absolute Gasteiger partial charge is 0.468 e. The Morgan fingerprint density at radius 2 is 1.96 bits per heavy atom. The van der Waals surface area contributed by atoms with Crippen LogP contribution in [0.15, 0.2) is 42.9 Å². The first-order valence-corrected chi connectivity index (χ1v) is 7.71. The maximum absolute atomic E-state index is 13.5. The van der Waals surface area contributed by atoms with Crippen molar-refractivity contribution in [1.82, 2.24) is 19.6 Å².